The second-order valence-corrected chi connectivity index (χ2v) is 5.03. The average molecular weight is 269 g/mol. The van der Waals surface area contributed by atoms with Crippen LogP contribution >= 0.6 is 0 Å². The molecule has 0 heterocycles. The van der Waals surface area contributed by atoms with E-state index >= 15 is 0 Å². The summed E-state index contributed by atoms with van der Waals surface area (Å²) in [4.78, 5) is 10.9. The smallest absolute Gasteiger partial charge is 0.335 e. The van der Waals surface area contributed by atoms with E-state index in [1.54, 1.807) is 12.1 Å². The predicted octanol–water partition coefficient (Wildman–Crippen LogP) is 3.91. The first-order chi connectivity index (χ1) is 9.58. The first kappa shape index (κ1) is 14.1. The van der Waals surface area contributed by atoms with E-state index in [0.717, 1.165) is 17.8 Å². The van der Waals surface area contributed by atoms with Crippen molar-refractivity contribution in [2.75, 3.05) is 11.9 Å². The summed E-state index contributed by atoms with van der Waals surface area (Å²) in [6.45, 7) is 4.91. The molecule has 1 atom stereocenters. The Hall–Kier alpha value is -2.29. The van der Waals surface area contributed by atoms with Gasteiger partial charge in [-0.1, -0.05) is 37.3 Å². The molecule has 0 aromatic heterocycles. The van der Waals surface area contributed by atoms with E-state index in [1.807, 2.05) is 31.2 Å². The Bertz CT molecular complexity index is 593. The lowest BCUT2D eigenvalue weighted by Crippen LogP contribution is -2.11. The molecule has 0 saturated carbocycles. The molecule has 2 aromatic carbocycles. The number of hydrogen-bond acceptors (Lipinski definition) is 2. The van der Waals surface area contributed by atoms with Crippen LogP contribution in [0.5, 0.6) is 0 Å². The fraction of sp³-hybridized carbons (Fsp3) is 0.235. The maximum atomic E-state index is 10.9. The minimum atomic E-state index is -0.891. The highest BCUT2D eigenvalue weighted by Gasteiger charge is 2.08. The number of aryl methyl sites for hydroxylation is 1. The van der Waals surface area contributed by atoms with Gasteiger partial charge < -0.3 is 10.4 Å². The normalized spacial score (nSPS) is 11.9. The Morgan fingerprint density at radius 2 is 1.90 bits per heavy atom. The van der Waals surface area contributed by atoms with Crippen molar-refractivity contribution < 1.29 is 9.90 Å². The molecule has 0 radical (unpaired) electrons. The number of hydrogen-bond donors (Lipinski definition) is 2. The number of nitrogens with one attached hydrogen (secondary N) is 1. The number of carbonyl (C=O) groups is 1. The number of anilines is 1. The van der Waals surface area contributed by atoms with Crippen molar-refractivity contribution in [1.82, 2.24) is 0 Å². The van der Waals surface area contributed by atoms with Crippen molar-refractivity contribution in [3.8, 4) is 0 Å². The van der Waals surface area contributed by atoms with Gasteiger partial charge in [-0.3, -0.25) is 0 Å². The maximum Gasteiger partial charge on any atom is 0.335 e. The molecule has 0 spiro atoms. The van der Waals surface area contributed by atoms with E-state index in [1.165, 1.54) is 5.56 Å². The van der Waals surface area contributed by atoms with Crippen molar-refractivity contribution in [2.24, 2.45) is 0 Å². The predicted molar refractivity (Wildman–Crippen MR) is 81.5 cm³/mol. The van der Waals surface area contributed by atoms with Crippen LogP contribution in [0.15, 0.2) is 48.5 Å². The van der Waals surface area contributed by atoms with Gasteiger partial charge in [-0.25, -0.2) is 4.79 Å². The van der Waals surface area contributed by atoms with Crippen molar-refractivity contribution in [3.63, 3.8) is 0 Å². The summed E-state index contributed by atoms with van der Waals surface area (Å²) in [6, 6.07) is 15.5. The summed E-state index contributed by atoms with van der Waals surface area (Å²) in [5.74, 6) is -0.493. The highest BCUT2D eigenvalue weighted by Crippen LogP contribution is 2.20. The SMILES string of the molecule is Cc1cc(C(=O)O)ccc1NCC(C)c1ccccc1. The van der Waals surface area contributed by atoms with Crippen LogP contribution in [-0.4, -0.2) is 17.6 Å². The molecule has 1 unspecified atom stereocenters. The fourth-order valence-electron chi connectivity index (χ4n) is 2.16. The number of benzene rings is 2. The van der Waals surface area contributed by atoms with Crippen molar-refractivity contribution in [3.05, 3.63) is 65.2 Å². The van der Waals surface area contributed by atoms with Gasteiger partial charge in [0.1, 0.15) is 0 Å². The van der Waals surface area contributed by atoms with E-state index < -0.39 is 5.97 Å². The van der Waals surface area contributed by atoms with Gasteiger partial charge in [0.25, 0.3) is 0 Å². The van der Waals surface area contributed by atoms with Crippen LogP contribution in [0.2, 0.25) is 0 Å². The number of carboxylic acids is 1. The molecule has 0 amide bonds. The minimum Gasteiger partial charge on any atom is -0.478 e. The van der Waals surface area contributed by atoms with Gasteiger partial charge in [0.05, 0.1) is 5.56 Å². The standard InChI is InChI=1S/C17H19NO2/c1-12-10-15(17(19)20)8-9-16(12)18-11-13(2)14-6-4-3-5-7-14/h3-10,13,18H,11H2,1-2H3,(H,19,20). The monoisotopic (exact) mass is 269 g/mol. The minimum absolute atomic E-state index is 0.323. The summed E-state index contributed by atoms with van der Waals surface area (Å²) < 4.78 is 0. The molecule has 2 rings (SSSR count). The van der Waals surface area contributed by atoms with Crippen LogP contribution in [0, 0.1) is 6.92 Å². The zero-order valence-electron chi connectivity index (χ0n) is 11.8. The molecule has 0 saturated heterocycles. The molecular weight excluding hydrogens is 250 g/mol. The second kappa shape index (κ2) is 6.24. The van der Waals surface area contributed by atoms with Gasteiger partial charge in [0, 0.05) is 12.2 Å². The number of rotatable bonds is 5. The topological polar surface area (TPSA) is 49.3 Å². The van der Waals surface area contributed by atoms with E-state index in [9.17, 15) is 4.79 Å². The molecule has 3 nitrogen and oxygen atoms in total. The molecule has 20 heavy (non-hydrogen) atoms. The fourth-order valence-corrected chi connectivity index (χ4v) is 2.16. The maximum absolute atomic E-state index is 10.9. The highest BCUT2D eigenvalue weighted by molar-refractivity contribution is 5.88. The molecule has 0 aliphatic heterocycles. The second-order valence-electron chi connectivity index (χ2n) is 5.03. The van der Waals surface area contributed by atoms with Crippen LogP contribution in [-0.2, 0) is 0 Å². The lowest BCUT2D eigenvalue weighted by molar-refractivity contribution is 0.0697. The molecule has 3 heteroatoms. The molecule has 2 aromatic rings. The zero-order chi connectivity index (χ0) is 14.5. The summed E-state index contributed by atoms with van der Waals surface area (Å²) in [5, 5.41) is 12.3. The number of aromatic carboxylic acids is 1. The quantitative estimate of drug-likeness (QED) is 0.865. The van der Waals surface area contributed by atoms with E-state index in [-0.39, 0.29) is 0 Å². The third kappa shape index (κ3) is 3.38. The van der Waals surface area contributed by atoms with Gasteiger partial charge >= 0.3 is 5.97 Å². The third-order valence-electron chi connectivity index (χ3n) is 3.44. The molecule has 0 aliphatic rings. The van der Waals surface area contributed by atoms with E-state index in [0.29, 0.717) is 11.5 Å². The Morgan fingerprint density at radius 1 is 1.20 bits per heavy atom. The van der Waals surface area contributed by atoms with Gasteiger partial charge in [-0.15, -0.1) is 0 Å². The van der Waals surface area contributed by atoms with Gasteiger partial charge in [-0.05, 0) is 42.2 Å². The van der Waals surface area contributed by atoms with E-state index in [4.69, 9.17) is 5.11 Å². The summed E-state index contributed by atoms with van der Waals surface area (Å²) >= 11 is 0. The summed E-state index contributed by atoms with van der Waals surface area (Å²) in [5.41, 5.74) is 3.55. The van der Waals surface area contributed by atoms with Crippen LogP contribution in [0.1, 0.15) is 34.3 Å². The summed E-state index contributed by atoms with van der Waals surface area (Å²) in [6.07, 6.45) is 0. The van der Waals surface area contributed by atoms with Gasteiger partial charge in [0.2, 0.25) is 0 Å². The molecule has 2 N–H and O–H groups in total. The van der Waals surface area contributed by atoms with Crippen LogP contribution in [0.25, 0.3) is 0 Å². The Labute approximate surface area is 119 Å². The van der Waals surface area contributed by atoms with Gasteiger partial charge in [0.15, 0.2) is 0 Å². The molecule has 104 valence electrons. The average Bonchev–Trinajstić information content (AvgIpc) is 2.46. The Balaban J connectivity index is 2.02. The van der Waals surface area contributed by atoms with Crippen molar-refractivity contribution >= 4 is 11.7 Å². The Morgan fingerprint density at radius 3 is 2.50 bits per heavy atom. The highest BCUT2D eigenvalue weighted by atomic mass is 16.4. The third-order valence-corrected chi connectivity index (χ3v) is 3.44. The lowest BCUT2D eigenvalue weighted by Gasteiger charge is -2.15. The molecule has 0 fully saturated rings. The van der Waals surface area contributed by atoms with E-state index in [2.05, 4.69) is 24.4 Å². The first-order valence-corrected chi connectivity index (χ1v) is 6.70. The Kier molecular flexibility index (Phi) is 4.41. The summed E-state index contributed by atoms with van der Waals surface area (Å²) in [7, 11) is 0. The van der Waals surface area contributed by atoms with Gasteiger partial charge in [-0.2, -0.15) is 0 Å². The van der Waals surface area contributed by atoms with Crippen molar-refractivity contribution in [1.29, 1.82) is 0 Å². The zero-order valence-corrected chi connectivity index (χ0v) is 11.8. The molecule has 0 bridgehead atoms. The van der Waals surface area contributed by atoms with Crippen LogP contribution < -0.4 is 5.32 Å². The molecule has 0 aliphatic carbocycles. The largest absolute Gasteiger partial charge is 0.478 e. The van der Waals surface area contributed by atoms with Crippen molar-refractivity contribution in [2.45, 2.75) is 19.8 Å². The van der Waals surface area contributed by atoms with Crippen LogP contribution in [0.4, 0.5) is 5.69 Å². The lowest BCUT2D eigenvalue weighted by atomic mass is 10.0. The molecular formula is C17H19NO2. The van der Waals surface area contributed by atoms with Crippen LogP contribution in [0.3, 0.4) is 0 Å². The number of carboxylic acid groups (broad SMARTS) is 1. The first-order valence-electron chi connectivity index (χ1n) is 6.70.